The molecule has 0 unspecified atom stereocenters. The Labute approximate surface area is 159 Å². The van der Waals surface area contributed by atoms with E-state index in [1.54, 1.807) is 31.2 Å². The molecule has 0 amide bonds. The summed E-state index contributed by atoms with van der Waals surface area (Å²) in [5, 5.41) is 1.04. The van der Waals surface area contributed by atoms with Gasteiger partial charge < -0.3 is 9.72 Å². The number of H-pyrrole nitrogens is 1. The smallest absolute Gasteiger partial charge is 0.341 e. The molecule has 0 saturated heterocycles. The van der Waals surface area contributed by atoms with Crippen LogP contribution in [0, 0.1) is 13.8 Å². The number of ether oxygens (including phenoxy) is 1. The van der Waals surface area contributed by atoms with Gasteiger partial charge in [0.05, 0.1) is 12.0 Å². The molecule has 1 N–H and O–H groups in total. The van der Waals surface area contributed by atoms with E-state index in [2.05, 4.69) is 9.97 Å². The predicted octanol–water partition coefficient (Wildman–Crippen LogP) is 4.36. The number of halogens is 1. The maximum Gasteiger partial charge on any atom is 0.341 e. The van der Waals surface area contributed by atoms with Crippen LogP contribution < -0.4 is 5.56 Å². The van der Waals surface area contributed by atoms with Gasteiger partial charge in [-0.1, -0.05) is 29.8 Å². The number of aromatic nitrogens is 2. The molecule has 2 aromatic heterocycles. The third-order valence-corrected chi connectivity index (χ3v) is 5.44. The van der Waals surface area contributed by atoms with E-state index in [4.69, 9.17) is 16.3 Å². The SMILES string of the molecule is CCOC(=O)/C(=C/c1ccccc1Cl)c1nc2sc(C)c(C)c2c(=O)[nH]1. The first kappa shape index (κ1) is 18.4. The number of fused-ring (bicyclic) bond motifs is 1. The highest BCUT2D eigenvalue weighted by Crippen LogP contribution is 2.28. The van der Waals surface area contributed by atoms with E-state index in [0.717, 1.165) is 10.4 Å². The topological polar surface area (TPSA) is 72.0 Å². The number of carbonyl (C=O) groups excluding carboxylic acids is 1. The normalized spacial score (nSPS) is 11.8. The van der Waals surface area contributed by atoms with Crippen LogP contribution in [0.5, 0.6) is 0 Å². The van der Waals surface area contributed by atoms with Crippen molar-refractivity contribution in [2.45, 2.75) is 20.8 Å². The predicted molar refractivity (Wildman–Crippen MR) is 106 cm³/mol. The van der Waals surface area contributed by atoms with Crippen LogP contribution in [0.4, 0.5) is 0 Å². The Morgan fingerprint density at radius 3 is 2.77 bits per heavy atom. The summed E-state index contributed by atoms with van der Waals surface area (Å²) in [7, 11) is 0. The highest BCUT2D eigenvalue weighted by molar-refractivity contribution is 7.18. The Bertz CT molecular complexity index is 1080. The summed E-state index contributed by atoms with van der Waals surface area (Å²) in [4.78, 5) is 33.8. The second-order valence-corrected chi connectivity index (χ2v) is 7.29. The zero-order chi connectivity index (χ0) is 18.8. The lowest BCUT2D eigenvalue weighted by Crippen LogP contribution is -2.15. The quantitative estimate of drug-likeness (QED) is 0.532. The van der Waals surface area contributed by atoms with Gasteiger partial charge in [-0.3, -0.25) is 4.79 Å². The number of nitrogens with zero attached hydrogens (tertiary/aromatic N) is 1. The summed E-state index contributed by atoms with van der Waals surface area (Å²) in [6, 6.07) is 7.11. The van der Waals surface area contributed by atoms with Crippen molar-refractivity contribution in [1.82, 2.24) is 9.97 Å². The molecular formula is C19H17ClN2O3S. The van der Waals surface area contributed by atoms with Crippen LogP contribution in [0.2, 0.25) is 5.02 Å². The van der Waals surface area contributed by atoms with Gasteiger partial charge in [0, 0.05) is 9.90 Å². The van der Waals surface area contributed by atoms with Gasteiger partial charge in [0.15, 0.2) is 0 Å². The number of rotatable bonds is 4. The minimum atomic E-state index is -0.570. The van der Waals surface area contributed by atoms with Crippen molar-refractivity contribution in [1.29, 1.82) is 0 Å². The number of nitrogens with one attached hydrogen (secondary N) is 1. The van der Waals surface area contributed by atoms with Gasteiger partial charge in [0.2, 0.25) is 0 Å². The number of esters is 1. The zero-order valence-corrected chi connectivity index (χ0v) is 16.1. The van der Waals surface area contributed by atoms with Crippen molar-refractivity contribution in [3.8, 4) is 0 Å². The number of carbonyl (C=O) groups is 1. The fourth-order valence-corrected chi connectivity index (χ4v) is 3.78. The van der Waals surface area contributed by atoms with Crippen molar-refractivity contribution in [2.75, 3.05) is 6.61 Å². The summed E-state index contributed by atoms with van der Waals surface area (Å²) < 4.78 is 5.14. The molecule has 134 valence electrons. The Hall–Kier alpha value is -2.44. The average Bonchev–Trinajstić information content (AvgIpc) is 2.89. The molecule has 0 fully saturated rings. The van der Waals surface area contributed by atoms with Crippen molar-refractivity contribution >= 4 is 50.8 Å². The van der Waals surface area contributed by atoms with Gasteiger partial charge in [-0.15, -0.1) is 11.3 Å². The number of thiophene rings is 1. The van der Waals surface area contributed by atoms with E-state index in [-0.39, 0.29) is 23.6 Å². The minimum Gasteiger partial charge on any atom is -0.462 e. The fraction of sp³-hybridized carbons (Fsp3) is 0.211. The maximum atomic E-state index is 12.5. The summed E-state index contributed by atoms with van der Waals surface area (Å²) in [6.45, 7) is 5.75. The number of aromatic amines is 1. The van der Waals surface area contributed by atoms with Gasteiger partial charge in [-0.25, -0.2) is 9.78 Å². The second kappa shape index (κ2) is 7.43. The van der Waals surface area contributed by atoms with E-state index in [1.165, 1.54) is 11.3 Å². The van der Waals surface area contributed by atoms with Crippen LogP contribution in [0.25, 0.3) is 21.9 Å². The lowest BCUT2D eigenvalue weighted by Gasteiger charge is -2.08. The molecule has 26 heavy (non-hydrogen) atoms. The number of hydrogen-bond donors (Lipinski definition) is 1. The van der Waals surface area contributed by atoms with Crippen LogP contribution in [0.15, 0.2) is 29.1 Å². The molecule has 0 atom stereocenters. The number of hydrogen-bond acceptors (Lipinski definition) is 5. The molecule has 3 aromatic rings. The Balaban J connectivity index is 2.23. The molecular weight excluding hydrogens is 372 g/mol. The van der Waals surface area contributed by atoms with E-state index in [1.807, 2.05) is 19.9 Å². The van der Waals surface area contributed by atoms with Gasteiger partial charge in [-0.05, 0) is 44.0 Å². The van der Waals surface area contributed by atoms with Gasteiger partial charge >= 0.3 is 5.97 Å². The molecule has 5 nitrogen and oxygen atoms in total. The standard InChI is InChI=1S/C19H17ClN2O3S/c1-4-25-19(24)13(9-12-7-5-6-8-14(12)20)16-21-17(23)15-10(2)11(3)26-18(15)22-16/h5-9H,4H2,1-3H3,(H,21,22,23)/b13-9+. The Kier molecular flexibility index (Phi) is 5.25. The van der Waals surface area contributed by atoms with E-state index in [0.29, 0.717) is 20.8 Å². The van der Waals surface area contributed by atoms with E-state index < -0.39 is 5.97 Å². The minimum absolute atomic E-state index is 0.155. The van der Waals surface area contributed by atoms with Gasteiger partial charge in [0.25, 0.3) is 5.56 Å². The maximum absolute atomic E-state index is 12.5. The largest absolute Gasteiger partial charge is 0.462 e. The van der Waals surface area contributed by atoms with E-state index >= 15 is 0 Å². The van der Waals surface area contributed by atoms with Crippen LogP contribution in [0.3, 0.4) is 0 Å². The molecule has 0 spiro atoms. The van der Waals surface area contributed by atoms with Gasteiger partial charge in [-0.2, -0.15) is 0 Å². The van der Waals surface area contributed by atoms with Gasteiger partial charge in [0.1, 0.15) is 16.2 Å². The van der Waals surface area contributed by atoms with Crippen LogP contribution in [-0.2, 0) is 9.53 Å². The van der Waals surface area contributed by atoms with Crippen LogP contribution >= 0.6 is 22.9 Å². The Morgan fingerprint density at radius 2 is 2.08 bits per heavy atom. The lowest BCUT2D eigenvalue weighted by molar-refractivity contribution is -0.136. The zero-order valence-electron chi connectivity index (χ0n) is 14.6. The summed E-state index contributed by atoms with van der Waals surface area (Å²) in [5.74, 6) is -0.401. The van der Waals surface area contributed by atoms with Crippen molar-refractivity contribution < 1.29 is 9.53 Å². The molecule has 0 saturated carbocycles. The third kappa shape index (κ3) is 3.43. The highest BCUT2D eigenvalue weighted by atomic mass is 35.5. The summed E-state index contributed by atoms with van der Waals surface area (Å²) in [6.07, 6.45) is 1.58. The average molecular weight is 389 g/mol. The van der Waals surface area contributed by atoms with Crippen molar-refractivity contribution in [2.24, 2.45) is 0 Å². The monoisotopic (exact) mass is 388 g/mol. The molecule has 2 heterocycles. The molecule has 0 radical (unpaired) electrons. The second-order valence-electron chi connectivity index (χ2n) is 5.68. The molecule has 3 rings (SSSR count). The highest BCUT2D eigenvalue weighted by Gasteiger charge is 2.20. The molecule has 1 aromatic carbocycles. The molecule has 0 aliphatic rings. The van der Waals surface area contributed by atoms with E-state index in [9.17, 15) is 9.59 Å². The van der Waals surface area contributed by atoms with Crippen molar-refractivity contribution in [3.05, 3.63) is 61.5 Å². The third-order valence-electron chi connectivity index (χ3n) is 3.99. The molecule has 0 aliphatic carbocycles. The molecule has 7 heteroatoms. The fourth-order valence-electron chi connectivity index (χ4n) is 2.56. The summed E-state index contributed by atoms with van der Waals surface area (Å²) >= 11 is 7.62. The first-order valence-corrected chi connectivity index (χ1v) is 9.25. The van der Waals surface area contributed by atoms with Crippen molar-refractivity contribution in [3.63, 3.8) is 0 Å². The van der Waals surface area contributed by atoms with Crippen LogP contribution in [0.1, 0.15) is 28.8 Å². The first-order chi connectivity index (χ1) is 12.4. The first-order valence-electron chi connectivity index (χ1n) is 8.06. The molecule has 0 bridgehead atoms. The molecule has 0 aliphatic heterocycles. The summed E-state index contributed by atoms with van der Waals surface area (Å²) in [5.41, 5.74) is 1.42. The lowest BCUT2D eigenvalue weighted by atomic mass is 10.1. The Morgan fingerprint density at radius 1 is 1.35 bits per heavy atom. The number of aryl methyl sites for hydroxylation is 2. The van der Waals surface area contributed by atoms with Crippen LogP contribution in [-0.4, -0.2) is 22.5 Å². The number of benzene rings is 1.